The molecule has 0 saturated carbocycles. The highest BCUT2D eigenvalue weighted by atomic mass is 32.1. The molecular weight excluding hydrogens is 422 g/mol. The molecule has 154 valence electrons. The number of nitrogens with one attached hydrogen (secondary N) is 2. The van der Waals surface area contributed by atoms with E-state index in [1.165, 1.54) is 29.6 Å². The van der Waals surface area contributed by atoms with Crippen LogP contribution in [0.5, 0.6) is 0 Å². The average Bonchev–Trinajstić information content (AvgIpc) is 3.38. The molecule has 0 aliphatic rings. The summed E-state index contributed by atoms with van der Waals surface area (Å²) in [5.41, 5.74) is 2.36. The van der Waals surface area contributed by atoms with E-state index in [1.54, 1.807) is 12.1 Å². The third-order valence-electron chi connectivity index (χ3n) is 4.44. The van der Waals surface area contributed by atoms with Crippen molar-refractivity contribution in [2.45, 2.75) is 34.2 Å². The molecule has 2 amide bonds. The molecule has 0 bridgehead atoms. The van der Waals surface area contributed by atoms with Crippen LogP contribution in [0.2, 0.25) is 0 Å². The summed E-state index contributed by atoms with van der Waals surface area (Å²) in [6.07, 6.45) is 0. The number of hydrogen-bond donors (Lipinski definition) is 2. The number of amides is 2. The molecule has 0 radical (unpaired) electrons. The van der Waals surface area contributed by atoms with E-state index in [1.807, 2.05) is 26.2 Å². The van der Waals surface area contributed by atoms with Gasteiger partial charge in [0.05, 0.1) is 11.4 Å². The minimum atomic E-state index is -0.223. The van der Waals surface area contributed by atoms with Crippen LogP contribution in [0.15, 0.2) is 21.9 Å². The third-order valence-corrected chi connectivity index (χ3v) is 6.38. The van der Waals surface area contributed by atoms with E-state index in [4.69, 9.17) is 4.42 Å². The van der Waals surface area contributed by atoms with Gasteiger partial charge in [-0.15, -0.1) is 22.7 Å². The van der Waals surface area contributed by atoms with Crippen molar-refractivity contribution in [1.29, 1.82) is 0 Å². The number of rotatable bonds is 5. The maximum absolute atomic E-state index is 12.9. The van der Waals surface area contributed by atoms with E-state index in [2.05, 4.69) is 25.6 Å². The molecule has 0 aliphatic carbocycles. The zero-order valence-electron chi connectivity index (χ0n) is 16.8. The fourth-order valence-corrected chi connectivity index (χ4v) is 4.98. The summed E-state index contributed by atoms with van der Waals surface area (Å²) in [5.74, 6) is 1.55. The highest BCUT2D eigenvalue weighted by molar-refractivity contribution is 7.21. The van der Waals surface area contributed by atoms with E-state index >= 15 is 0 Å². The third kappa shape index (κ3) is 3.96. The monoisotopic (exact) mass is 441 g/mol. The number of hydrogen-bond acceptors (Lipinski definition) is 8. The Morgan fingerprint density at radius 2 is 1.93 bits per heavy atom. The number of thiophene rings is 1. The Hall–Kier alpha value is -3.11. The van der Waals surface area contributed by atoms with E-state index < -0.39 is 0 Å². The Kier molecular flexibility index (Phi) is 5.35. The lowest BCUT2D eigenvalue weighted by Gasteiger charge is -2.01. The number of furan rings is 1. The number of aromatic nitrogens is 3. The summed E-state index contributed by atoms with van der Waals surface area (Å²) < 4.78 is 5.71. The Bertz CT molecular complexity index is 1270. The van der Waals surface area contributed by atoms with Crippen molar-refractivity contribution in [2.75, 3.05) is 5.32 Å². The largest absolute Gasteiger partial charge is 0.458 e. The van der Waals surface area contributed by atoms with Gasteiger partial charge in [-0.3, -0.25) is 14.9 Å². The van der Waals surface area contributed by atoms with E-state index in [9.17, 15) is 9.59 Å². The lowest BCUT2D eigenvalue weighted by Crippen LogP contribution is -2.18. The van der Waals surface area contributed by atoms with E-state index in [0.717, 1.165) is 21.5 Å². The fraction of sp³-hybridized carbons (Fsp3) is 0.250. The highest BCUT2D eigenvalue weighted by Gasteiger charge is 2.20. The zero-order valence-corrected chi connectivity index (χ0v) is 18.5. The van der Waals surface area contributed by atoms with Crippen LogP contribution in [0.3, 0.4) is 0 Å². The van der Waals surface area contributed by atoms with Crippen LogP contribution in [0.25, 0.3) is 21.7 Å². The maximum Gasteiger partial charge on any atom is 0.267 e. The van der Waals surface area contributed by atoms with E-state index in [-0.39, 0.29) is 11.8 Å². The van der Waals surface area contributed by atoms with Gasteiger partial charge >= 0.3 is 0 Å². The Balaban J connectivity index is 1.52. The van der Waals surface area contributed by atoms with Gasteiger partial charge in [-0.05, 0) is 38.5 Å². The second-order valence-corrected chi connectivity index (χ2v) is 8.62. The van der Waals surface area contributed by atoms with Crippen molar-refractivity contribution in [3.05, 3.63) is 45.2 Å². The summed E-state index contributed by atoms with van der Waals surface area (Å²) in [5, 5.41) is 8.77. The molecule has 0 atom stereocenters. The molecule has 0 spiro atoms. The average molecular weight is 442 g/mol. The lowest BCUT2D eigenvalue weighted by atomic mass is 10.1. The number of nitrogens with zero attached hydrogens (tertiary/aromatic N) is 3. The molecule has 4 rings (SSSR count). The summed E-state index contributed by atoms with van der Waals surface area (Å²) in [6, 6.07) is 3.58. The molecule has 0 fully saturated rings. The van der Waals surface area contributed by atoms with Crippen LogP contribution in [0, 0.1) is 20.8 Å². The van der Waals surface area contributed by atoms with Crippen molar-refractivity contribution >= 4 is 49.8 Å². The molecule has 30 heavy (non-hydrogen) atoms. The normalized spacial score (nSPS) is 11.1. The molecule has 2 N–H and O–H groups in total. The van der Waals surface area contributed by atoms with Gasteiger partial charge in [0.1, 0.15) is 22.1 Å². The van der Waals surface area contributed by atoms with Crippen molar-refractivity contribution < 1.29 is 14.0 Å². The van der Waals surface area contributed by atoms with Gasteiger partial charge in [-0.2, -0.15) is 0 Å². The number of aryl methyl sites for hydroxylation is 3. The molecule has 0 saturated heterocycles. The zero-order chi connectivity index (χ0) is 21.4. The first-order valence-corrected chi connectivity index (χ1v) is 10.9. The predicted molar refractivity (Wildman–Crippen MR) is 117 cm³/mol. The minimum absolute atomic E-state index is 0.125. The highest BCUT2D eigenvalue weighted by Crippen LogP contribution is 2.32. The molecular formula is C20H19N5O3S2. The van der Waals surface area contributed by atoms with Gasteiger partial charge in [0.15, 0.2) is 10.9 Å². The van der Waals surface area contributed by atoms with Crippen LogP contribution in [0.4, 0.5) is 5.13 Å². The van der Waals surface area contributed by atoms with Crippen LogP contribution in [-0.2, 0) is 11.3 Å². The number of thiazole rings is 1. The van der Waals surface area contributed by atoms with Crippen molar-refractivity contribution in [2.24, 2.45) is 0 Å². The molecule has 4 aromatic rings. The quantitative estimate of drug-likeness (QED) is 0.480. The first-order valence-electron chi connectivity index (χ1n) is 9.16. The van der Waals surface area contributed by atoms with E-state index in [0.29, 0.717) is 39.6 Å². The lowest BCUT2D eigenvalue weighted by molar-refractivity contribution is -0.119. The van der Waals surface area contributed by atoms with Crippen molar-refractivity contribution in [3.8, 4) is 11.5 Å². The Morgan fingerprint density at radius 1 is 1.13 bits per heavy atom. The van der Waals surface area contributed by atoms with Gasteiger partial charge in [0.25, 0.3) is 5.91 Å². The van der Waals surface area contributed by atoms with Crippen molar-refractivity contribution in [3.63, 3.8) is 0 Å². The predicted octanol–water partition coefficient (Wildman–Crippen LogP) is 4.22. The first-order chi connectivity index (χ1) is 14.3. The van der Waals surface area contributed by atoms with Crippen molar-refractivity contribution in [1.82, 2.24) is 20.3 Å². The van der Waals surface area contributed by atoms with Gasteiger partial charge in [0, 0.05) is 23.4 Å². The molecule has 0 aliphatic heterocycles. The first kappa shape index (κ1) is 20.2. The van der Waals surface area contributed by atoms with Gasteiger partial charge < -0.3 is 9.73 Å². The SMILES string of the molecule is CC(=O)NCc1ccc(-c2csc(NC(=O)c3sc4nc(C)nc(C)c4c3C)n2)o1. The summed E-state index contributed by atoms with van der Waals surface area (Å²) in [7, 11) is 0. The Morgan fingerprint density at radius 3 is 2.70 bits per heavy atom. The second-order valence-electron chi connectivity index (χ2n) is 6.76. The second kappa shape index (κ2) is 7.96. The number of carbonyl (C=O) groups is 2. The summed E-state index contributed by atoms with van der Waals surface area (Å²) in [4.78, 5) is 38.6. The van der Waals surface area contributed by atoms with Gasteiger partial charge in [-0.25, -0.2) is 15.0 Å². The van der Waals surface area contributed by atoms with Crippen LogP contribution >= 0.6 is 22.7 Å². The standard InChI is InChI=1S/C20H19N5O3S2/c1-9-16-10(2)22-11(3)23-19(16)30-17(9)18(27)25-20-24-14(8-29-20)15-6-5-13(28-15)7-21-12(4)26/h5-6,8H,7H2,1-4H3,(H,21,26)(H,24,25,27). The van der Waals surface area contributed by atoms with Crippen LogP contribution in [-0.4, -0.2) is 26.8 Å². The number of fused-ring (bicyclic) bond motifs is 1. The van der Waals surface area contributed by atoms with Crippen LogP contribution in [0.1, 0.15) is 39.4 Å². The van der Waals surface area contributed by atoms with Gasteiger partial charge in [0.2, 0.25) is 5.91 Å². The summed E-state index contributed by atoms with van der Waals surface area (Å²) in [6.45, 7) is 7.44. The molecule has 4 heterocycles. The molecule has 8 nitrogen and oxygen atoms in total. The number of anilines is 1. The molecule has 4 aromatic heterocycles. The smallest absolute Gasteiger partial charge is 0.267 e. The molecule has 10 heteroatoms. The number of carbonyl (C=O) groups excluding carboxylic acids is 2. The maximum atomic E-state index is 12.9. The molecule has 0 unspecified atom stereocenters. The van der Waals surface area contributed by atoms with Crippen LogP contribution < -0.4 is 10.6 Å². The minimum Gasteiger partial charge on any atom is -0.458 e. The Labute approximate surface area is 180 Å². The molecule has 0 aromatic carbocycles. The van der Waals surface area contributed by atoms with Gasteiger partial charge in [-0.1, -0.05) is 0 Å². The summed E-state index contributed by atoms with van der Waals surface area (Å²) >= 11 is 2.67. The fourth-order valence-electron chi connectivity index (χ4n) is 3.11. The topological polar surface area (TPSA) is 110 Å².